The number of nitrogens with zero attached hydrogens (tertiary/aromatic N) is 4. The van der Waals surface area contributed by atoms with Crippen LogP contribution in [0.15, 0.2) is 29.4 Å². The Morgan fingerprint density at radius 3 is 2.81 bits per heavy atom. The number of aromatic nitrogens is 4. The number of benzene rings is 1. The van der Waals surface area contributed by atoms with E-state index in [1.807, 2.05) is 45.0 Å². The minimum absolute atomic E-state index is 0.00869. The zero-order valence-corrected chi connectivity index (χ0v) is 15.7. The summed E-state index contributed by atoms with van der Waals surface area (Å²) < 4.78 is 12.0. The molecule has 0 unspecified atom stereocenters. The first kappa shape index (κ1) is 19.7. The van der Waals surface area contributed by atoms with Gasteiger partial charge in [-0.2, -0.15) is 4.68 Å². The molecule has 0 spiro atoms. The summed E-state index contributed by atoms with van der Waals surface area (Å²) in [4.78, 5) is 23.3. The molecule has 0 aliphatic rings. The van der Waals surface area contributed by atoms with Crippen molar-refractivity contribution in [1.82, 2.24) is 25.5 Å². The van der Waals surface area contributed by atoms with Crippen LogP contribution in [0.1, 0.15) is 20.8 Å². The summed E-state index contributed by atoms with van der Waals surface area (Å²) in [5.41, 5.74) is 0.673. The summed E-state index contributed by atoms with van der Waals surface area (Å²) in [6.07, 6.45) is 0. The lowest BCUT2D eigenvalue weighted by Gasteiger charge is -2.10. The van der Waals surface area contributed by atoms with Gasteiger partial charge in [-0.1, -0.05) is 23.9 Å². The highest BCUT2D eigenvalue weighted by atomic mass is 32.2. The molecule has 0 fully saturated rings. The summed E-state index contributed by atoms with van der Waals surface area (Å²) in [5.74, 6) is -0.251. The quantitative estimate of drug-likeness (QED) is 0.512. The summed E-state index contributed by atoms with van der Waals surface area (Å²) in [5, 5.41) is 14.6. The fourth-order valence-corrected chi connectivity index (χ4v) is 2.69. The third-order valence-electron chi connectivity index (χ3n) is 2.97. The molecule has 0 aliphatic carbocycles. The molecule has 9 nitrogen and oxygen atoms in total. The Morgan fingerprint density at radius 2 is 2.08 bits per heavy atom. The first-order valence-corrected chi connectivity index (χ1v) is 9.08. The van der Waals surface area contributed by atoms with Crippen LogP contribution in [0.5, 0.6) is 5.75 Å². The predicted octanol–water partition coefficient (Wildman–Crippen LogP) is 1.22. The monoisotopic (exact) mass is 379 g/mol. The van der Waals surface area contributed by atoms with E-state index < -0.39 is 5.97 Å². The van der Waals surface area contributed by atoms with Crippen molar-refractivity contribution in [2.75, 3.05) is 19.0 Å². The van der Waals surface area contributed by atoms with Crippen LogP contribution in [0, 0.1) is 0 Å². The molecule has 0 bridgehead atoms. The van der Waals surface area contributed by atoms with Gasteiger partial charge in [-0.25, -0.2) is 0 Å². The van der Waals surface area contributed by atoms with Crippen molar-refractivity contribution in [2.24, 2.45) is 0 Å². The summed E-state index contributed by atoms with van der Waals surface area (Å²) in [6, 6.07) is 7.32. The number of hydrogen-bond acceptors (Lipinski definition) is 8. The molecule has 1 amide bonds. The number of carbonyl (C=O) groups excluding carboxylic acids is 2. The van der Waals surface area contributed by atoms with Gasteiger partial charge >= 0.3 is 5.97 Å². The number of ether oxygens (including phenoxy) is 2. The molecular weight excluding hydrogens is 358 g/mol. The van der Waals surface area contributed by atoms with Crippen LogP contribution in [0.3, 0.4) is 0 Å². The summed E-state index contributed by atoms with van der Waals surface area (Å²) in [7, 11) is 0. The van der Waals surface area contributed by atoms with Gasteiger partial charge in [0.2, 0.25) is 5.16 Å². The number of nitrogens with one attached hydrogen (secondary N) is 1. The van der Waals surface area contributed by atoms with Gasteiger partial charge in [0.05, 0.1) is 12.4 Å². The molecule has 10 heteroatoms. The van der Waals surface area contributed by atoms with Crippen molar-refractivity contribution in [2.45, 2.75) is 32.0 Å². The number of amides is 1. The normalized spacial score (nSPS) is 10.6. The third-order valence-corrected chi connectivity index (χ3v) is 3.86. The molecule has 140 valence electrons. The number of rotatable bonds is 9. The van der Waals surface area contributed by atoms with Crippen LogP contribution < -0.4 is 10.1 Å². The van der Waals surface area contributed by atoms with Gasteiger partial charge in [0, 0.05) is 6.04 Å². The second-order valence-corrected chi connectivity index (χ2v) is 6.39. The molecule has 2 aromatic rings. The third kappa shape index (κ3) is 5.73. The summed E-state index contributed by atoms with van der Waals surface area (Å²) >= 11 is 1.11. The topological polar surface area (TPSA) is 108 Å². The molecule has 0 aliphatic heterocycles. The van der Waals surface area contributed by atoms with Gasteiger partial charge in [-0.15, -0.1) is 5.10 Å². The van der Waals surface area contributed by atoms with E-state index in [4.69, 9.17) is 9.47 Å². The van der Waals surface area contributed by atoms with Gasteiger partial charge in [0.25, 0.3) is 5.91 Å². The second kappa shape index (κ2) is 9.76. The molecule has 0 atom stereocenters. The smallest absolute Gasteiger partial charge is 0.316 e. The van der Waals surface area contributed by atoms with E-state index in [1.54, 1.807) is 0 Å². The Labute approximate surface area is 155 Å². The highest BCUT2D eigenvalue weighted by Crippen LogP contribution is 2.25. The molecule has 0 saturated heterocycles. The molecule has 26 heavy (non-hydrogen) atoms. The van der Waals surface area contributed by atoms with Crippen molar-refractivity contribution < 1.29 is 19.1 Å². The standard InChI is InChI=1S/C16H21N5O4S/c1-4-24-13-8-6-5-7-12(13)21-16(18-19-20-21)26-10-15(23)25-9-14(22)17-11(2)3/h5-8,11H,4,9-10H2,1-3H3,(H,17,22). The van der Waals surface area contributed by atoms with E-state index in [9.17, 15) is 9.59 Å². The molecule has 0 saturated carbocycles. The van der Waals surface area contributed by atoms with Gasteiger partial charge < -0.3 is 14.8 Å². The molecule has 1 aromatic heterocycles. The van der Waals surface area contributed by atoms with E-state index in [0.717, 1.165) is 11.8 Å². The zero-order valence-electron chi connectivity index (χ0n) is 14.8. The minimum Gasteiger partial charge on any atom is -0.492 e. The maximum Gasteiger partial charge on any atom is 0.316 e. The van der Waals surface area contributed by atoms with Crippen molar-refractivity contribution in [1.29, 1.82) is 0 Å². The fraction of sp³-hybridized carbons (Fsp3) is 0.438. The highest BCUT2D eigenvalue weighted by molar-refractivity contribution is 7.99. The maximum absolute atomic E-state index is 11.8. The maximum atomic E-state index is 11.8. The first-order valence-electron chi connectivity index (χ1n) is 8.09. The molecule has 1 aromatic carbocycles. The second-order valence-electron chi connectivity index (χ2n) is 5.45. The van der Waals surface area contributed by atoms with Crippen LogP contribution in [-0.4, -0.2) is 57.1 Å². The van der Waals surface area contributed by atoms with Crippen molar-refractivity contribution >= 4 is 23.6 Å². The van der Waals surface area contributed by atoms with Crippen molar-refractivity contribution in [3.8, 4) is 11.4 Å². The SMILES string of the molecule is CCOc1ccccc1-n1nnnc1SCC(=O)OCC(=O)NC(C)C. The Morgan fingerprint density at radius 1 is 1.31 bits per heavy atom. The lowest BCUT2D eigenvalue weighted by molar-refractivity contribution is -0.146. The van der Waals surface area contributed by atoms with Gasteiger partial charge in [0.15, 0.2) is 6.61 Å². The number of hydrogen-bond donors (Lipinski definition) is 1. The first-order chi connectivity index (χ1) is 12.5. The van der Waals surface area contributed by atoms with Crippen LogP contribution >= 0.6 is 11.8 Å². The Balaban J connectivity index is 1.95. The van der Waals surface area contributed by atoms with Gasteiger partial charge in [-0.05, 0) is 43.3 Å². The van der Waals surface area contributed by atoms with Gasteiger partial charge in [-0.3, -0.25) is 9.59 Å². The minimum atomic E-state index is -0.526. The highest BCUT2D eigenvalue weighted by Gasteiger charge is 2.16. The largest absolute Gasteiger partial charge is 0.492 e. The van der Waals surface area contributed by atoms with Crippen molar-refractivity contribution in [3.63, 3.8) is 0 Å². The van der Waals surface area contributed by atoms with Crippen LogP contribution in [0.2, 0.25) is 0 Å². The average molecular weight is 379 g/mol. The summed E-state index contributed by atoms with van der Waals surface area (Å²) in [6.45, 7) is 5.74. The Kier molecular flexibility index (Phi) is 7.39. The molecule has 1 heterocycles. The fourth-order valence-electron chi connectivity index (χ4n) is 2.00. The number of tetrazole rings is 1. The molecule has 0 radical (unpaired) electrons. The van der Waals surface area contributed by atoms with E-state index in [0.29, 0.717) is 23.2 Å². The molecule has 2 rings (SSSR count). The Hall–Kier alpha value is -2.62. The van der Waals surface area contributed by atoms with Crippen LogP contribution in [0.25, 0.3) is 5.69 Å². The zero-order chi connectivity index (χ0) is 18.9. The van der Waals surface area contributed by atoms with E-state index in [-0.39, 0.29) is 24.3 Å². The number of para-hydroxylation sites is 2. The van der Waals surface area contributed by atoms with Crippen LogP contribution in [-0.2, 0) is 14.3 Å². The van der Waals surface area contributed by atoms with Gasteiger partial charge in [0.1, 0.15) is 11.4 Å². The number of thioether (sulfide) groups is 1. The van der Waals surface area contributed by atoms with E-state index in [2.05, 4.69) is 20.8 Å². The number of carbonyl (C=O) groups is 2. The van der Waals surface area contributed by atoms with E-state index in [1.165, 1.54) is 4.68 Å². The van der Waals surface area contributed by atoms with E-state index >= 15 is 0 Å². The predicted molar refractivity (Wildman–Crippen MR) is 95.3 cm³/mol. The molecule has 1 N–H and O–H groups in total. The van der Waals surface area contributed by atoms with Crippen molar-refractivity contribution in [3.05, 3.63) is 24.3 Å². The molecular formula is C16H21N5O4S. The lowest BCUT2D eigenvalue weighted by atomic mass is 10.3. The Bertz CT molecular complexity index is 750. The van der Waals surface area contributed by atoms with Crippen LogP contribution in [0.4, 0.5) is 0 Å². The number of esters is 1. The average Bonchev–Trinajstić information content (AvgIpc) is 3.07. The lowest BCUT2D eigenvalue weighted by Crippen LogP contribution is -2.34.